The number of hydrogen-bond acceptors (Lipinski definition) is 9. The molecule has 11 heteroatoms. The maximum Gasteiger partial charge on any atom is 0.338 e. The maximum atomic E-state index is 13.9. The monoisotopic (exact) mass is 546 g/mol. The molecule has 3 aliphatic carbocycles. The van der Waals surface area contributed by atoms with E-state index < -0.39 is 23.6 Å². The van der Waals surface area contributed by atoms with E-state index >= 15 is 0 Å². The molecule has 8 nitrogen and oxygen atoms in total. The quantitative estimate of drug-likeness (QED) is 0.505. The van der Waals surface area contributed by atoms with Gasteiger partial charge < -0.3 is 24.8 Å². The van der Waals surface area contributed by atoms with E-state index in [1.807, 2.05) is 19.2 Å². The van der Waals surface area contributed by atoms with Gasteiger partial charge in [0.1, 0.15) is 11.9 Å². The Balaban J connectivity index is 1.31. The predicted molar refractivity (Wildman–Crippen MR) is 137 cm³/mol. The van der Waals surface area contributed by atoms with Gasteiger partial charge in [0.15, 0.2) is 16.6 Å². The normalized spacial score (nSPS) is 31.8. The summed E-state index contributed by atoms with van der Waals surface area (Å²) in [6, 6.07) is 3.39. The molecule has 0 spiro atoms. The molecule has 2 bridgehead atoms. The smallest absolute Gasteiger partial charge is 0.338 e. The van der Waals surface area contributed by atoms with Crippen molar-refractivity contribution in [1.82, 2.24) is 15.6 Å². The van der Waals surface area contributed by atoms with E-state index in [0.29, 0.717) is 35.1 Å². The van der Waals surface area contributed by atoms with Crippen LogP contribution in [0.25, 0.3) is 0 Å². The largest absolute Gasteiger partial charge is 0.466 e. The van der Waals surface area contributed by atoms with Gasteiger partial charge in [-0.15, -0.1) is 11.3 Å². The zero-order chi connectivity index (χ0) is 26.0. The fourth-order valence-electron chi connectivity index (χ4n) is 6.12. The van der Waals surface area contributed by atoms with Gasteiger partial charge in [0.2, 0.25) is 0 Å². The Morgan fingerprint density at radius 3 is 2.76 bits per heavy atom. The van der Waals surface area contributed by atoms with Crippen molar-refractivity contribution < 1.29 is 23.4 Å². The summed E-state index contributed by atoms with van der Waals surface area (Å²) in [5.74, 6) is -0.932. The number of methoxy groups -OCH3 is 1. The number of hydrogen-bond donors (Lipinski definition) is 2. The summed E-state index contributed by atoms with van der Waals surface area (Å²) in [5.41, 5.74) is 1.49. The fraction of sp³-hybridized carbons (Fsp3) is 0.500. The van der Waals surface area contributed by atoms with E-state index in [2.05, 4.69) is 15.6 Å². The highest BCUT2D eigenvalue weighted by molar-refractivity contribution is 7.11. The molecule has 2 aliphatic heterocycles. The van der Waals surface area contributed by atoms with Crippen molar-refractivity contribution in [3.8, 4) is 0 Å². The molecule has 1 aromatic heterocycles. The van der Waals surface area contributed by atoms with E-state index in [9.17, 15) is 9.18 Å². The van der Waals surface area contributed by atoms with Gasteiger partial charge in [0.25, 0.3) is 0 Å². The number of aliphatic imine (C=N–C) groups is 1. The molecule has 0 radical (unpaired) electrons. The number of allylic oxidation sites excluding steroid dienone is 1. The molecule has 0 amide bonds. The second-order valence-corrected chi connectivity index (χ2v) is 12.0. The number of nitrogens with one attached hydrogen (secondary N) is 2. The number of esters is 1. The highest BCUT2D eigenvalue weighted by Crippen LogP contribution is 2.71. The van der Waals surface area contributed by atoms with Crippen LogP contribution in [0.2, 0.25) is 5.02 Å². The van der Waals surface area contributed by atoms with Gasteiger partial charge in [0.05, 0.1) is 25.4 Å². The molecule has 1 saturated heterocycles. The zero-order valence-electron chi connectivity index (χ0n) is 20.8. The first-order chi connectivity index (χ1) is 17.6. The molecule has 4 fully saturated rings. The van der Waals surface area contributed by atoms with Crippen LogP contribution < -0.4 is 10.6 Å². The van der Waals surface area contributed by atoms with Gasteiger partial charge in [-0.2, -0.15) is 0 Å². The highest BCUT2D eigenvalue weighted by Gasteiger charge is 2.70. The minimum absolute atomic E-state index is 0.00580. The van der Waals surface area contributed by atoms with E-state index in [1.54, 1.807) is 12.3 Å². The summed E-state index contributed by atoms with van der Waals surface area (Å²) in [6.45, 7) is 5.11. The zero-order valence-corrected chi connectivity index (χ0v) is 22.3. The van der Waals surface area contributed by atoms with E-state index in [0.717, 1.165) is 25.0 Å². The van der Waals surface area contributed by atoms with Crippen LogP contribution >= 0.6 is 22.9 Å². The molecule has 1 aromatic carbocycles. The third-order valence-electron chi connectivity index (χ3n) is 7.67. The minimum Gasteiger partial charge on any atom is -0.466 e. The summed E-state index contributed by atoms with van der Waals surface area (Å²) in [5, 5.41) is 9.90. The average molecular weight is 547 g/mol. The second-order valence-electron chi connectivity index (χ2n) is 10.7. The standard InChI is InChI=1S/C26H28ClFN4O4S/c1-24(2)35-10-15(36-24)9-30-26-11-25(12-26,13-26)20-18(23(33)34-3)19(16-5-4-14(28)8-17(16)27)31-21(32-20)22-29-6-7-37-22/h4-8,15,19,30H,9-13H2,1-3H3,(H,31,32). The first-order valence-electron chi connectivity index (χ1n) is 12.2. The van der Waals surface area contributed by atoms with Crippen LogP contribution in [0.15, 0.2) is 46.0 Å². The van der Waals surface area contributed by atoms with Crippen LogP contribution in [0.3, 0.4) is 0 Å². The van der Waals surface area contributed by atoms with Gasteiger partial charge in [0, 0.05) is 45.4 Å². The molecule has 7 rings (SSSR count). The lowest BCUT2D eigenvalue weighted by molar-refractivity contribution is -0.151. The van der Waals surface area contributed by atoms with Gasteiger partial charge in [-0.1, -0.05) is 17.7 Å². The molecule has 2 aromatic rings. The third kappa shape index (κ3) is 4.28. The number of aromatic nitrogens is 1. The summed E-state index contributed by atoms with van der Waals surface area (Å²) in [6.07, 6.45) is 4.28. The Bertz CT molecular complexity index is 1290. The summed E-state index contributed by atoms with van der Waals surface area (Å²) in [4.78, 5) is 22.5. The van der Waals surface area contributed by atoms with Crippen LogP contribution in [0.5, 0.6) is 0 Å². The molecular weight excluding hydrogens is 519 g/mol. The molecule has 2 atom stereocenters. The second kappa shape index (κ2) is 8.84. The molecule has 3 heterocycles. The van der Waals surface area contributed by atoms with Gasteiger partial charge in [-0.05, 0) is 45.2 Å². The molecular formula is C26H28ClFN4O4S. The first kappa shape index (κ1) is 24.9. The molecule has 5 aliphatic rings. The van der Waals surface area contributed by atoms with E-state index in [1.165, 1.54) is 30.6 Å². The van der Waals surface area contributed by atoms with Gasteiger partial charge >= 0.3 is 5.97 Å². The fourth-order valence-corrected chi connectivity index (χ4v) is 6.98. The predicted octanol–water partition coefficient (Wildman–Crippen LogP) is 4.12. The molecule has 2 N–H and O–H groups in total. The lowest BCUT2D eigenvalue weighted by atomic mass is 9.37. The summed E-state index contributed by atoms with van der Waals surface area (Å²) < 4.78 is 30.7. The highest BCUT2D eigenvalue weighted by atomic mass is 35.5. The van der Waals surface area contributed by atoms with Crippen molar-refractivity contribution in [2.24, 2.45) is 10.4 Å². The lowest BCUT2D eigenvalue weighted by Gasteiger charge is -2.72. The lowest BCUT2D eigenvalue weighted by Crippen LogP contribution is -2.76. The Labute approximate surface area is 223 Å². The summed E-state index contributed by atoms with van der Waals surface area (Å²) in [7, 11) is 1.35. The number of halogens is 2. The SMILES string of the molecule is COC(=O)C1=C(C23CC(NCC4COC(C)(C)O4)(C2)C3)NC(c2nccs2)=NC1c1ccc(F)cc1Cl. The number of benzene rings is 1. The number of thiazole rings is 1. The first-order valence-corrected chi connectivity index (χ1v) is 13.5. The van der Waals surface area contributed by atoms with E-state index in [4.69, 9.17) is 30.8 Å². The van der Waals surface area contributed by atoms with Crippen LogP contribution in [0, 0.1) is 11.2 Å². The number of rotatable bonds is 7. The Morgan fingerprint density at radius 1 is 1.35 bits per heavy atom. The molecule has 196 valence electrons. The minimum atomic E-state index is -0.750. The van der Waals surface area contributed by atoms with E-state index in [-0.39, 0.29) is 22.1 Å². The molecule has 3 saturated carbocycles. The van der Waals surface area contributed by atoms with Crippen molar-refractivity contribution in [2.45, 2.75) is 56.6 Å². The van der Waals surface area contributed by atoms with Crippen molar-refractivity contribution in [3.63, 3.8) is 0 Å². The number of ether oxygens (including phenoxy) is 3. The van der Waals surface area contributed by atoms with Crippen LogP contribution in [-0.4, -0.2) is 54.5 Å². The van der Waals surface area contributed by atoms with Crippen molar-refractivity contribution >= 4 is 34.7 Å². The summed E-state index contributed by atoms with van der Waals surface area (Å²) >= 11 is 7.91. The van der Waals surface area contributed by atoms with Gasteiger partial charge in [-0.3, -0.25) is 4.99 Å². The average Bonchev–Trinajstić information content (AvgIpc) is 3.46. The molecule has 37 heavy (non-hydrogen) atoms. The number of carbonyl (C=O) groups excluding carboxylic acids is 1. The Kier molecular flexibility index (Phi) is 5.96. The number of carbonyl (C=O) groups is 1. The Morgan fingerprint density at radius 2 is 2.14 bits per heavy atom. The third-order valence-corrected chi connectivity index (χ3v) is 8.78. The van der Waals surface area contributed by atoms with Gasteiger partial charge in [-0.25, -0.2) is 14.2 Å². The number of nitrogens with zero attached hydrogens (tertiary/aromatic N) is 2. The van der Waals surface area contributed by atoms with Crippen LogP contribution in [0.1, 0.15) is 49.7 Å². The topological polar surface area (TPSA) is 94.1 Å². The number of amidine groups is 1. The van der Waals surface area contributed by atoms with Crippen molar-refractivity contribution in [3.05, 3.63) is 62.5 Å². The maximum absolute atomic E-state index is 13.9. The molecule has 2 unspecified atom stereocenters. The van der Waals surface area contributed by atoms with Crippen LogP contribution in [0.4, 0.5) is 4.39 Å². The van der Waals surface area contributed by atoms with Crippen LogP contribution in [-0.2, 0) is 19.0 Å². The Hall–Kier alpha value is -2.37. The van der Waals surface area contributed by atoms with Crippen molar-refractivity contribution in [2.75, 3.05) is 20.3 Å². The van der Waals surface area contributed by atoms with Crippen molar-refractivity contribution in [1.29, 1.82) is 0 Å².